The topological polar surface area (TPSA) is 41.3 Å². The highest BCUT2D eigenvalue weighted by Gasteiger charge is 2.13. The summed E-state index contributed by atoms with van der Waals surface area (Å²) in [4.78, 5) is 6.33. The van der Waals surface area contributed by atoms with Crippen LogP contribution in [0.4, 0.5) is 0 Å². The summed E-state index contributed by atoms with van der Waals surface area (Å²) in [5, 5.41) is 10.9. The molecule has 5 heteroatoms. The van der Waals surface area contributed by atoms with Crippen LogP contribution in [0.2, 0.25) is 5.02 Å². The van der Waals surface area contributed by atoms with Crippen molar-refractivity contribution in [1.82, 2.24) is 14.5 Å². The van der Waals surface area contributed by atoms with Gasteiger partial charge in [-0.3, -0.25) is 0 Å². The first-order chi connectivity index (χ1) is 10.1. The monoisotopic (exact) mass is 307 g/mol. The molecule has 2 rings (SSSR count). The lowest BCUT2D eigenvalue weighted by atomic mass is 10.1. The molecule has 0 aliphatic carbocycles. The van der Waals surface area contributed by atoms with Gasteiger partial charge in [0.25, 0.3) is 0 Å². The van der Waals surface area contributed by atoms with E-state index in [2.05, 4.69) is 14.5 Å². The number of aryl methyl sites for hydroxylation is 2. The number of hydrogen-bond acceptors (Lipinski definition) is 3. The number of aromatic nitrogens is 2. The van der Waals surface area contributed by atoms with Crippen LogP contribution in [0.3, 0.4) is 0 Å². The molecule has 114 valence electrons. The molecule has 1 heterocycles. The highest BCUT2D eigenvalue weighted by Crippen LogP contribution is 2.22. The van der Waals surface area contributed by atoms with E-state index in [0.717, 1.165) is 30.9 Å². The summed E-state index contributed by atoms with van der Waals surface area (Å²) in [5.41, 5.74) is 0.788. The lowest BCUT2D eigenvalue weighted by Crippen LogP contribution is -2.26. The Bertz CT molecular complexity index is 570. The third-order valence-electron chi connectivity index (χ3n) is 3.61. The number of aliphatic hydroxyl groups excluding tert-OH is 1. The summed E-state index contributed by atoms with van der Waals surface area (Å²) < 4.78 is 2.14. The summed E-state index contributed by atoms with van der Waals surface area (Å²) >= 11 is 6.10. The van der Waals surface area contributed by atoms with Crippen LogP contribution in [0.15, 0.2) is 36.7 Å². The average molecular weight is 308 g/mol. The smallest absolute Gasteiger partial charge is 0.105 e. The molecule has 1 aromatic carbocycles. The van der Waals surface area contributed by atoms with Gasteiger partial charge >= 0.3 is 0 Å². The number of likely N-dealkylation sites (N-methyl/N-ethyl adjacent to an activating group) is 1. The van der Waals surface area contributed by atoms with Crippen molar-refractivity contribution in [2.24, 2.45) is 0 Å². The van der Waals surface area contributed by atoms with E-state index in [1.54, 1.807) is 0 Å². The van der Waals surface area contributed by atoms with Crippen molar-refractivity contribution in [2.75, 3.05) is 20.1 Å². The minimum absolute atomic E-state index is 0.557. The first-order valence-electron chi connectivity index (χ1n) is 7.16. The van der Waals surface area contributed by atoms with Crippen LogP contribution in [0, 0.1) is 6.92 Å². The van der Waals surface area contributed by atoms with E-state index in [0.29, 0.717) is 11.6 Å². The van der Waals surface area contributed by atoms with Crippen molar-refractivity contribution in [1.29, 1.82) is 0 Å². The van der Waals surface area contributed by atoms with Gasteiger partial charge in [0.05, 0.1) is 6.10 Å². The lowest BCUT2D eigenvalue weighted by molar-refractivity contribution is 0.125. The fourth-order valence-electron chi connectivity index (χ4n) is 2.38. The van der Waals surface area contributed by atoms with Crippen LogP contribution in [-0.4, -0.2) is 39.7 Å². The largest absolute Gasteiger partial charge is 0.387 e. The zero-order chi connectivity index (χ0) is 15.2. The molecule has 2 aromatic rings. The Hall–Kier alpha value is -1.36. The van der Waals surface area contributed by atoms with Crippen molar-refractivity contribution in [3.05, 3.63) is 53.1 Å². The van der Waals surface area contributed by atoms with Crippen molar-refractivity contribution in [3.63, 3.8) is 0 Å². The lowest BCUT2D eigenvalue weighted by Gasteiger charge is -2.21. The van der Waals surface area contributed by atoms with Crippen LogP contribution in [0.25, 0.3) is 0 Å². The molecule has 0 saturated carbocycles. The number of halogens is 1. The predicted molar refractivity (Wildman–Crippen MR) is 85.5 cm³/mol. The van der Waals surface area contributed by atoms with Gasteiger partial charge in [-0.1, -0.05) is 29.8 Å². The maximum Gasteiger partial charge on any atom is 0.105 e. The molecule has 0 radical (unpaired) electrons. The van der Waals surface area contributed by atoms with E-state index >= 15 is 0 Å². The van der Waals surface area contributed by atoms with Gasteiger partial charge in [0.2, 0.25) is 0 Å². The summed E-state index contributed by atoms with van der Waals surface area (Å²) in [6.07, 6.45) is 4.27. The Labute approximate surface area is 131 Å². The number of imidazole rings is 1. The number of rotatable bonds is 7. The second-order valence-electron chi connectivity index (χ2n) is 5.32. The zero-order valence-electron chi connectivity index (χ0n) is 12.5. The molecule has 0 aliphatic rings. The number of nitrogens with zero attached hydrogens (tertiary/aromatic N) is 3. The maximum atomic E-state index is 10.3. The van der Waals surface area contributed by atoms with Gasteiger partial charge in [0.1, 0.15) is 5.82 Å². The normalized spacial score (nSPS) is 12.8. The van der Waals surface area contributed by atoms with Gasteiger partial charge in [-0.25, -0.2) is 4.98 Å². The summed E-state index contributed by atoms with van der Waals surface area (Å²) in [6, 6.07) is 7.44. The molecule has 0 bridgehead atoms. The third kappa shape index (κ3) is 4.56. The van der Waals surface area contributed by atoms with Crippen LogP contribution in [0.1, 0.15) is 23.9 Å². The van der Waals surface area contributed by atoms with Gasteiger partial charge in [-0.2, -0.15) is 0 Å². The molecule has 0 spiro atoms. The minimum atomic E-state index is -0.557. The molecule has 0 amide bonds. The van der Waals surface area contributed by atoms with E-state index in [-0.39, 0.29) is 0 Å². The van der Waals surface area contributed by atoms with Crippen molar-refractivity contribution in [2.45, 2.75) is 26.0 Å². The quantitative estimate of drug-likeness (QED) is 0.855. The zero-order valence-corrected chi connectivity index (χ0v) is 13.3. The van der Waals surface area contributed by atoms with Crippen molar-refractivity contribution < 1.29 is 5.11 Å². The molecule has 0 fully saturated rings. The van der Waals surface area contributed by atoms with Crippen LogP contribution < -0.4 is 0 Å². The van der Waals surface area contributed by atoms with Crippen LogP contribution in [-0.2, 0) is 6.54 Å². The highest BCUT2D eigenvalue weighted by atomic mass is 35.5. The Morgan fingerprint density at radius 2 is 2.14 bits per heavy atom. The fraction of sp³-hybridized carbons (Fsp3) is 0.438. The van der Waals surface area contributed by atoms with Crippen LogP contribution in [0.5, 0.6) is 0 Å². The summed E-state index contributed by atoms with van der Waals surface area (Å²) in [5.74, 6) is 1.04. The first-order valence-corrected chi connectivity index (χ1v) is 7.54. The number of benzene rings is 1. The molecule has 21 heavy (non-hydrogen) atoms. The summed E-state index contributed by atoms with van der Waals surface area (Å²) in [7, 11) is 2.01. The van der Waals surface area contributed by atoms with E-state index < -0.39 is 6.10 Å². The number of aliphatic hydroxyl groups is 1. The van der Waals surface area contributed by atoms with Gasteiger partial charge in [-0.05, 0) is 33.0 Å². The summed E-state index contributed by atoms with van der Waals surface area (Å²) in [6.45, 7) is 4.44. The molecule has 1 atom stereocenters. The van der Waals surface area contributed by atoms with E-state index in [1.807, 2.05) is 50.6 Å². The van der Waals surface area contributed by atoms with Crippen molar-refractivity contribution in [3.8, 4) is 0 Å². The standard InChI is InChI=1S/C16H22ClN3O/c1-13-18-8-11-20(13)10-5-9-19(2)12-16(21)14-6-3-4-7-15(14)17/h3-4,6-8,11,16,21H,5,9-10,12H2,1-2H3. The first kappa shape index (κ1) is 16.0. The van der Waals surface area contributed by atoms with Crippen LogP contribution >= 0.6 is 11.6 Å². The van der Waals surface area contributed by atoms with E-state index in [4.69, 9.17) is 11.6 Å². The van der Waals surface area contributed by atoms with Gasteiger partial charge in [0, 0.05) is 36.1 Å². The Balaban J connectivity index is 1.78. The molecule has 1 N–H and O–H groups in total. The Morgan fingerprint density at radius 3 is 2.81 bits per heavy atom. The fourth-order valence-corrected chi connectivity index (χ4v) is 2.64. The number of hydrogen-bond donors (Lipinski definition) is 1. The average Bonchev–Trinajstić information content (AvgIpc) is 2.85. The van der Waals surface area contributed by atoms with Crippen molar-refractivity contribution >= 4 is 11.6 Å². The Kier molecular flexibility index (Phi) is 5.79. The molecular formula is C16H22ClN3O. The molecule has 4 nitrogen and oxygen atoms in total. The molecular weight excluding hydrogens is 286 g/mol. The second-order valence-corrected chi connectivity index (χ2v) is 5.73. The molecule has 1 aromatic heterocycles. The van der Waals surface area contributed by atoms with E-state index in [9.17, 15) is 5.11 Å². The second kappa shape index (κ2) is 7.59. The highest BCUT2D eigenvalue weighted by molar-refractivity contribution is 6.31. The predicted octanol–water partition coefficient (Wildman–Crippen LogP) is 2.90. The van der Waals surface area contributed by atoms with E-state index in [1.165, 1.54) is 0 Å². The molecule has 0 saturated heterocycles. The SMILES string of the molecule is Cc1nccn1CCCN(C)CC(O)c1ccccc1Cl. The Morgan fingerprint density at radius 1 is 1.38 bits per heavy atom. The third-order valence-corrected chi connectivity index (χ3v) is 3.96. The molecule has 1 unspecified atom stereocenters. The van der Waals surface area contributed by atoms with Gasteiger partial charge in [0.15, 0.2) is 0 Å². The van der Waals surface area contributed by atoms with Gasteiger partial charge in [-0.15, -0.1) is 0 Å². The molecule has 0 aliphatic heterocycles. The minimum Gasteiger partial charge on any atom is -0.387 e. The maximum absolute atomic E-state index is 10.3. The van der Waals surface area contributed by atoms with Gasteiger partial charge < -0.3 is 14.6 Å².